The first kappa shape index (κ1) is 33.9. The number of amides is 2. The van der Waals surface area contributed by atoms with E-state index in [1.807, 2.05) is 30.3 Å². The molecule has 246 valence electrons. The molecule has 2 amide bonds. The fourth-order valence-electron chi connectivity index (χ4n) is 5.79. The molecule has 0 aliphatic heterocycles. The zero-order valence-electron chi connectivity index (χ0n) is 26.0. The molecule has 4 aromatic carbocycles. The number of rotatable bonds is 13. The summed E-state index contributed by atoms with van der Waals surface area (Å²) in [5, 5.41) is 3.25. The third kappa shape index (κ3) is 8.31. The molecule has 0 saturated heterocycles. The highest BCUT2D eigenvalue weighted by molar-refractivity contribution is 7.92. The average Bonchev–Trinajstić information content (AvgIpc) is 3.59. The van der Waals surface area contributed by atoms with Crippen LogP contribution in [0.2, 0.25) is 5.02 Å². The molecule has 4 aromatic rings. The minimum atomic E-state index is -4.31. The Morgan fingerprint density at radius 3 is 2.21 bits per heavy atom. The van der Waals surface area contributed by atoms with Crippen LogP contribution in [0.25, 0.3) is 0 Å². The molecule has 0 aromatic heterocycles. The molecule has 0 spiro atoms. The van der Waals surface area contributed by atoms with Crippen molar-refractivity contribution in [2.24, 2.45) is 0 Å². The molecule has 0 heterocycles. The SMILES string of the molecule is COc1ccc(N(CC(=O)N(Cc2ccccc2F)[C@@H](Cc2ccccc2)C(=O)NC2CCCC2)S(=O)(=O)c2ccccc2)cc1Cl. The average molecular weight is 678 g/mol. The second-order valence-electron chi connectivity index (χ2n) is 11.5. The van der Waals surface area contributed by atoms with Crippen LogP contribution >= 0.6 is 11.6 Å². The molecule has 47 heavy (non-hydrogen) atoms. The molecule has 11 heteroatoms. The van der Waals surface area contributed by atoms with E-state index in [0.29, 0.717) is 5.75 Å². The molecule has 1 atom stereocenters. The molecule has 0 radical (unpaired) electrons. The summed E-state index contributed by atoms with van der Waals surface area (Å²) in [5.74, 6) is -1.29. The largest absolute Gasteiger partial charge is 0.495 e. The summed E-state index contributed by atoms with van der Waals surface area (Å²) in [7, 11) is -2.87. The van der Waals surface area contributed by atoms with E-state index in [1.165, 1.54) is 48.4 Å². The van der Waals surface area contributed by atoms with Crippen molar-refractivity contribution in [3.05, 3.63) is 125 Å². The highest BCUT2D eigenvalue weighted by Gasteiger charge is 2.36. The first-order chi connectivity index (χ1) is 22.7. The van der Waals surface area contributed by atoms with E-state index < -0.39 is 34.3 Å². The molecular weight excluding hydrogens is 641 g/mol. The number of hydrogen-bond donors (Lipinski definition) is 1. The summed E-state index contributed by atoms with van der Waals surface area (Å²) in [6.45, 7) is -0.944. The van der Waals surface area contributed by atoms with Gasteiger partial charge in [-0.15, -0.1) is 0 Å². The maximum absolute atomic E-state index is 15.1. The van der Waals surface area contributed by atoms with Gasteiger partial charge in [-0.25, -0.2) is 12.8 Å². The molecule has 1 N–H and O–H groups in total. The van der Waals surface area contributed by atoms with E-state index in [-0.39, 0.29) is 46.1 Å². The van der Waals surface area contributed by atoms with E-state index in [2.05, 4.69) is 5.32 Å². The van der Waals surface area contributed by atoms with Crippen molar-refractivity contribution in [1.29, 1.82) is 0 Å². The van der Waals surface area contributed by atoms with Crippen LogP contribution in [0.4, 0.5) is 10.1 Å². The Balaban J connectivity index is 1.58. The minimum absolute atomic E-state index is 0.0393. The summed E-state index contributed by atoms with van der Waals surface area (Å²) in [4.78, 5) is 29.9. The number of anilines is 1. The number of methoxy groups -OCH3 is 1. The molecule has 1 saturated carbocycles. The highest BCUT2D eigenvalue weighted by atomic mass is 35.5. The molecule has 1 aliphatic rings. The van der Waals surface area contributed by atoms with E-state index in [1.54, 1.807) is 36.4 Å². The van der Waals surface area contributed by atoms with E-state index in [0.717, 1.165) is 35.6 Å². The number of carbonyl (C=O) groups is 2. The number of nitrogens with one attached hydrogen (secondary N) is 1. The lowest BCUT2D eigenvalue weighted by Gasteiger charge is -2.34. The molecule has 0 bridgehead atoms. The van der Waals surface area contributed by atoms with Crippen molar-refractivity contribution >= 4 is 39.1 Å². The Kier molecular flexibility index (Phi) is 11.2. The minimum Gasteiger partial charge on any atom is -0.495 e. The molecule has 5 rings (SSSR count). The predicted molar refractivity (Wildman–Crippen MR) is 180 cm³/mol. The molecule has 8 nitrogen and oxygen atoms in total. The third-order valence-corrected chi connectivity index (χ3v) is 10.4. The van der Waals surface area contributed by atoms with E-state index >= 15 is 4.39 Å². The van der Waals surface area contributed by atoms with Crippen LogP contribution < -0.4 is 14.4 Å². The van der Waals surface area contributed by atoms with Gasteiger partial charge in [0.15, 0.2) is 0 Å². The van der Waals surface area contributed by atoms with Gasteiger partial charge in [0.05, 0.1) is 22.7 Å². The summed E-state index contributed by atoms with van der Waals surface area (Å²) < 4.78 is 49.6. The predicted octanol–water partition coefficient (Wildman–Crippen LogP) is 6.38. The lowest BCUT2D eigenvalue weighted by molar-refractivity contribution is -0.140. The van der Waals surface area contributed by atoms with Crippen molar-refractivity contribution in [1.82, 2.24) is 10.2 Å². The summed E-state index contributed by atoms with van der Waals surface area (Å²) in [6.07, 6.45) is 3.77. The number of hydrogen-bond acceptors (Lipinski definition) is 5. The molecular formula is C36H37ClFN3O5S. The maximum atomic E-state index is 15.1. The van der Waals surface area contributed by atoms with Gasteiger partial charge < -0.3 is 15.0 Å². The van der Waals surface area contributed by atoms with Crippen LogP contribution in [-0.2, 0) is 32.6 Å². The maximum Gasteiger partial charge on any atom is 0.264 e. The van der Waals surface area contributed by atoms with Crippen LogP contribution in [0, 0.1) is 5.82 Å². The normalized spacial score (nSPS) is 13.9. The van der Waals surface area contributed by atoms with Crippen molar-refractivity contribution in [3.63, 3.8) is 0 Å². The summed E-state index contributed by atoms with van der Waals surface area (Å²) in [5.41, 5.74) is 1.10. The van der Waals surface area contributed by atoms with Gasteiger partial charge in [-0.3, -0.25) is 13.9 Å². The van der Waals surface area contributed by atoms with E-state index in [4.69, 9.17) is 16.3 Å². The Labute approximate surface area is 280 Å². The first-order valence-electron chi connectivity index (χ1n) is 15.5. The third-order valence-electron chi connectivity index (χ3n) is 8.30. The summed E-state index contributed by atoms with van der Waals surface area (Å²) in [6, 6.07) is 26.3. The summed E-state index contributed by atoms with van der Waals surface area (Å²) >= 11 is 6.42. The van der Waals surface area contributed by atoms with Crippen molar-refractivity contribution in [3.8, 4) is 5.75 Å². The van der Waals surface area contributed by atoms with Crippen LogP contribution in [0.1, 0.15) is 36.8 Å². The number of carbonyl (C=O) groups excluding carboxylic acids is 2. The van der Waals surface area contributed by atoms with Crippen LogP contribution in [0.3, 0.4) is 0 Å². The molecule has 0 unspecified atom stereocenters. The van der Waals surface area contributed by atoms with Crippen molar-refractivity contribution < 1.29 is 27.1 Å². The van der Waals surface area contributed by atoms with Crippen molar-refractivity contribution in [2.75, 3.05) is 18.0 Å². The smallest absolute Gasteiger partial charge is 0.264 e. The Hall–Kier alpha value is -4.41. The fraction of sp³-hybridized carbons (Fsp3) is 0.278. The van der Waals surface area contributed by atoms with Gasteiger partial charge in [0.25, 0.3) is 10.0 Å². The number of halogens is 2. The Bertz CT molecular complexity index is 1790. The lowest BCUT2D eigenvalue weighted by Crippen LogP contribution is -2.54. The standard InChI is InChI=1S/C36H37ClFN3O5S/c1-46-34-21-20-29(23-31(34)37)41(47(44,45)30-17-6-3-7-18-30)25-35(42)40(24-27-14-8-11-19-32(27)38)33(22-26-12-4-2-5-13-26)36(43)39-28-15-9-10-16-28/h2-8,11-14,17-21,23,28,33H,9-10,15-16,22,24-25H2,1H3,(H,39,43)/t33-/m0/s1. The van der Waals surface area contributed by atoms with Crippen LogP contribution in [0.15, 0.2) is 108 Å². The fourth-order valence-corrected chi connectivity index (χ4v) is 7.47. The van der Waals surface area contributed by atoms with Gasteiger partial charge in [-0.1, -0.05) is 91.2 Å². The van der Waals surface area contributed by atoms with Gasteiger partial charge in [-0.2, -0.15) is 0 Å². The monoisotopic (exact) mass is 677 g/mol. The number of ether oxygens (including phenoxy) is 1. The topological polar surface area (TPSA) is 96.0 Å². The molecule has 1 aliphatic carbocycles. The number of nitrogens with zero attached hydrogens (tertiary/aromatic N) is 2. The Morgan fingerprint density at radius 2 is 1.57 bits per heavy atom. The quantitative estimate of drug-likeness (QED) is 0.177. The Morgan fingerprint density at radius 1 is 0.936 bits per heavy atom. The molecule has 1 fully saturated rings. The van der Waals surface area contributed by atoms with Gasteiger partial charge in [-0.05, 0) is 54.8 Å². The second kappa shape index (κ2) is 15.5. The highest BCUT2D eigenvalue weighted by Crippen LogP contribution is 2.32. The first-order valence-corrected chi connectivity index (χ1v) is 17.3. The van der Waals surface area contributed by atoms with E-state index in [9.17, 15) is 18.0 Å². The number of benzene rings is 4. The lowest BCUT2D eigenvalue weighted by atomic mass is 10.0. The second-order valence-corrected chi connectivity index (χ2v) is 13.7. The van der Waals surface area contributed by atoms with Crippen LogP contribution in [-0.4, -0.2) is 50.9 Å². The van der Waals surface area contributed by atoms with Crippen LogP contribution in [0.5, 0.6) is 5.75 Å². The van der Waals surface area contributed by atoms with Gasteiger partial charge in [0, 0.05) is 24.6 Å². The zero-order valence-corrected chi connectivity index (χ0v) is 27.6. The van der Waals surface area contributed by atoms with Gasteiger partial charge in [0.2, 0.25) is 11.8 Å². The van der Waals surface area contributed by atoms with Gasteiger partial charge in [0.1, 0.15) is 24.2 Å². The zero-order chi connectivity index (χ0) is 33.4. The number of sulfonamides is 1. The van der Waals surface area contributed by atoms with Gasteiger partial charge >= 0.3 is 0 Å². The van der Waals surface area contributed by atoms with Crippen molar-refractivity contribution in [2.45, 2.75) is 55.6 Å².